The number of carbonyl (C=O) groups is 3. The minimum absolute atomic E-state index is 0.0148. The topological polar surface area (TPSA) is 86.7 Å². The lowest BCUT2D eigenvalue weighted by molar-refractivity contribution is -0.137. The molecule has 2 aliphatic rings. The lowest BCUT2D eigenvalue weighted by Gasteiger charge is -2.30. The van der Waals surface area contributed by atoms with Crippen LogP contribution in [0.3, 0.4) is 0 Å². The Morgan fingerprint density at radius 3 is 2.67 bits per heavy atom. The van der Waals surface area contributed by atoms with E-state index < -0.39 is 11.4 Å². The number of hydrogen-bond donors (Lipinski definition) is 2. The molecule has 0 spiro atoms. The number of rotatable bonds is 4. The third-order valence-corrected chi connectivity index (χ3v) is 4.15. The van der Waals surface area contributed by atoms with E-state index in [0.29, 0.717) is 5.69 Å². The van der Waals surface area contributed by atoms with Crippen molar-refractivity contribution in [3.05, 3.63) is 29.8 Å². The monoisotopic (exact) mass is 288 g/mol. The van der Waals surface area contributed by atoms with Crippen LogP contribution in [0.1, 0.15) is 24.8 Å². The van der Waals surface area contributed by atoms with Gasteiger partial charge in [-0.15, -0.1) is 0 Å². The summed E-state index contributed by atoms with van der Waals surface area (Å²) in [6.45, 7) is -0.0297. The summed E-state index contributed by atoms with van der Waals surface area (Å²) in [7, 11) is 0. The number of carbonyl (C=O) groups excluding carboxylic acids is 2. The van der Waals surface area contributed by atoms with Crippen molar-refractivity contribution in [2.75, 3.05) is 18.0 Å². The number of carboxylic acids is 1. The third-order valence-electron chi connectivity index (χ3n) is 4.15. The number of nitrogens with zero attached hydrogens (tertiary/aromatic N) is 1. The van der Waals surface area contributed by atoms with Gasteiger partial charge in [0, 0.05) is 11.1 Å². The molecule has 1 aromatic carbocycles. The van der Waals surface area contributed by atoms with E-state index in [-0.39, 0.29) is 31.3 Å². The van der Waals surface area contributed by atoms with Crippen LogP contribution in [0.15, 0.2) is 24.3 Å². The molecule has 0 radical (unpaired) electrons. The van der Waals surface area contributed by atoms with Crippen molar-refractivity contribution in [1.82, 2.24) is 5.32 Å². The van der Waals surface area contributed by atoms with E-state index in [1.54, 1.807) is 12.1 Å². The molecule has 3 rings (SSSR count). The maximum atomic E-state index is 12.1. The first-order chi connectivity index (χ1) is 10.0. The minimum Gasteiger partial charge on any atom is -0.481 e. The smallest absolute Gasteiger partial charge is 0.304 e. The van der Waals surface area contributed by atoms with Gasteiger partial charge in [0.05, 0.1) is 13.0 Å². The highest BCUT2D eigenvalue weighted by molar-refractivity contribution is 6.05. The average Bonchev–Trinajstić information content (AvgIpc) is 3.21. The zero-order chi connectivity index (χ0) is 15.0. The van der Waals surface area contributed by atoms with Gasteiger partial charge in [-0.3, -0.25) is 14.4 Å². The van der Waals surface area contributed by atoms with E-state index in [9.17, 15) is 14.4 Å². The van der Waals surface area contributed by atoms with Gasteiger partial charge in [-0.05, 0) is 24.5 Å². The molecule has 0 atom stereocenters. The Labute approximate surface area is 121 Å². The molecule has 1 aliphatic carbocycles. The summed E-state index contributed by atoms with van der Waals surface area (Å²) in [6, 6.07) is 7.30. The van der Waals surface area contributed by atoms with Crippen molar-refractivity contribution in [3.8, 4) is 0 Å². The highest BCUT2D eigenvalue weighted by atomic mass is 16.4. The number of para-hydroxylation sites is 1. The molecule has 6 nitrogen and oxygen atoms in total. The number of piperazine rings is 1. The Morgan fingerprint density at radius 2 is 2.00 bits per heavy atom. The number of hydrogen-bond acceptors (Lipinski definition) is 3. The van der Waals surface area contributed by atoms with Gasteiger partial charge in [-0.2, -0.15) is 0 Å². The van der Waals surface area contributed by atoms with Crippen molar-refractivity contribution in [2.45, 2.75) is 24.7 Å². The van der Waals surface area contributed by atoms with Crippen LogP contribution >= 0.6 is 0 Å². The quantitative estimate of drug-likeness (QED) is 0.852. The van der Waals surface area contributed by atoms with Gasteiger partial charge in [0.15, 0.2) is 0 Å². The molecule has 0 aromatic heterocycles. The molecule has 1 aromatic rings. The third kappa shape index (κ3) is 2.49. The fraction of sp³-hybridized carbons (Fsp3) is 0.400. The average molecular weight is 288 g/mol. The van der Waals surface area contributed by atoms with Crippen LogP contribution in [0.25, 0.3) is 0 Å². The Bertz CT molecular complexity index is 622. The second-order valence-electron chi connectivity index (χ2n) is 5.62. The maximum absolute atomic E-state index is 12.1. The van der Waals surface area contributed by atoms with Crippen LogP contribution in [0.4, 0.5) is 5.69 Å². The van der Waals surface area contributed by atoms with Gasteiger partial charge in [-0.1, -0.05) is 18.2 Å². The predicted octanol–water partition coefficient (Wildman–Crippen LogP) is 0.656. The largest absolute Gasteiger partial charge is 0.481 e. The predicted molar refractivity (Wildman–Crippen MR) is 75.0 cm³/mol. The fourth-order valence-electron chi connectivity index (χ4n) is 2.92. The Kier molecular flexibility index (Phi) is 3.16. The van der Waals surface area contributed by atoms with E-state index in [0.717, 1.165) is 18.4 Å². The molecule has 0 bridgehead atoms. The SMILES string of the molecule is O=C(O)CC1(c2ccccc2N2CC(=O)NCC2=O)CC1. The zero-order valence-electron chi connectivity index (χ0n) is 11.5. The summed E-state index contributed by atoms with van der Waals surface area (Å²) < 4.78 is 0. The van der Waals surface area contributed by atoms with Crippen LogP contribution < -0.4 is 10.2 Å². The maximum Gasteiger partial charge on any atom is 0.304 e. The number of carboxylic acid groups (broad SMARTS) is 1. The molecular formula is C15H16N2O4. The van der Waals surface area contributed by atoms with Crippen molar-refractivity contribution < 1.29 is 19.5 Å². The second kappa shape index (κ2) is 4.87. The minimum atomic E-state index is -0.843. The molecule has 2 N–H and O–H groups in total. The molecule has 110 valence electrons. The standard InChI is InChI=1S/C15H16N2O4/c18-12-9-17(13(19)8-16-12)11-4-2-1-3-10(11)15(5-6-15)7-14(20)21/h1-4H,5-9H2,(H,16,18)(H,20,21). The molecule has 6 heteroatoms. The van der Waals surface area contributed by atoms with E-state index in [1.165, 1.54) is 4.90 Å². The molecule has 1 saturated heterocycles. The first kappa shape index (κ1) is 13.6. The normalized spacial score (nSPS) is 20.1. The van der Waals surface area contributed by atoms with E-state index >= 15 is 0 Å². The van der Waals surface area contributed by atoms with Crippen molar-refractivity contribution in [3.63, 3.8) is 0 Å². The number of benzene rings is 1. The Balaban J connectivity index is 1.98. The Hall–Kier alpha value is -2.37. The number of nitrogens with one attached hydrogen (secondary N) is 1. The van der Waals surface area contributed by atoms with E-state index in [1.807, 2.05) is 12.1 Å². The van der Waals surface area contributed by atoms with Crippen LogP contribution in [0.2, 0.25) is 0 Å². The lowest BCUT2D eigenvalue weighted by Crippen LogP contribution is -2.52. The molecule has 21 heavy (non-hydrogen) atoms. The number of amides is 2. The second-order valence-corrected chi connectivity index (χ2v) is 5.62. The van der Waals surface area contributed by atoms with Crippen molar-refractivity contribution >= 4 is 23.5 Å². The highest BCUT2D eigenvalue weighted by Gasteiger charge is 2.48. The van der Waals surface area contributed by atoms with Gasteiger partial charge < -0.3 is 15.3 Å². The summed E-state index contributed by atoms with van der Waals surface area (Å²) >= 11 is 0. The lowest BCUT2D eigenvalue weighted by atomic mass is 9.90. The summed E-state index contributed by atoms with van der Waals surface area (Å²) in [5, 5.41) is 11.6. The van der Waals surface area contributed by atoms with Gasteiger partial charge >= 0.3 is 5.97 Å². The highest BCUT2D eigenvalue weighted by Crippen LogP contribution is 2.53. The molecule has 1 saturated carbocycles. The number of aliphatic carboxylic acids is 1. The summed E-state index contributed by atoms with van der Waals surface area (Å²) in [6.07, 6.45) is 1.65. The van der Waals surface area contributed by atoms with Gasteiger partial charge in [0.25, 0.3) is 0 Å². The molecule has 2 amide bonds. The van der Waals surface area contributed by atoms with Gasteiger partial charge in [0.1, 0.15) is 6.54 Å². The molecular weight excluding hydrogens is 272 g/mol. The molecule has 0 unspecified atom stereocenters. The molecule has 2 fully saturated rings. The van der Waals surface area contributed by atoms with Crippen molar-refractivity contribution in [2.24, 2.45) is 0 Å². The van der Waals surface area contributed by atoms with Crippen molar-refractivity contribution in [1.29, 1.82) is 0 Å². The summed E-state index contributed by atoms with van der Waals surface area (Å²) in [5.41, 5.74) is 1.13. The summed E-state index contributed by atoms with van der Waals surface area (Å²) in [5.74, 6) is -1.22. The molecule has 1 heterocycles. The van der Waals surface area contributed by atoms with Crippen LogP contribution in [0.5, 0.6) is 0 Å². The van der Waals surface area contributed by atoms with Crippen LogP contribution in [0, 0.1) is 0 Å². The summed E-state index contributed by atoms with van der Waals surface area (Å²) in [4.78, 5) is 36.1. The Morgan fingerprint density at radius 1 is 1.29 bits per heavy atom. The van der Waals surface area contributed by atoms with Gasteiger partial charge in [-0.25, -0.2) is 0 Å². The van der Waals surface area contributed by atoms with Gasteiger partial charge in [0.2, 0.25) is 11.8 Å². The van der Waals surface area contributed by atoms with Crippen LogP contribution in [-0.2, 0) is 19.8 Å². The number of anilines is 1. The van der Waals surface area contributed by atoms with E-state index in [4.69, 9.17) is 5.11 Å². The fourth-order valence-corrected chi connectivity index (χ4v) is 2.92. The zero-order valence-corrected chi connectivity index (χ0v) is 11.5. The molecule has 1 aliphatic heterocycles. The van der Waals surface area contributed by atoms with E-state index in [2.05, 4.69) is 5.32 Å². The first-order valence-corrected chi connectivity index (χ1v) is 6.90. The van der Waals surface area contributed by atoms with Crippen LogP contribution in [-0.4, -0.2) is 36.0 Å². The first-order valence-electron chi connectivity index (χ1n) is 6.90.